The Labute approximate surface area is 142 Å². The smallest absolute Gasteiger partial charge is 0.288 e. The van der Waals surface area contributed by atoms with Crippen LogP contribution in [0.5, 0.6) is 0 Å². The van der Waals surface area contributed by atoms with Crippen molar-refractivity contribution in [2.24, 2.45) is 0 Å². The fourth-order valence-corrected chi connectivity index (χ4v) is 3.11. The van der Waals surface area contributed by atoms with E-state index >= 15 is 0 Å². The van der Waals surface area contributed by atoms with Gasteiger partial charge in [-0.3, -0.25) is 9.59 Å². The van der Waals surface area contributed by atoms with Crippen LogP contribution in [0.4, 0.5) is 0 Å². The first-order valence-corrected chi connectivity index (χ1v) is 7.93. The molecule has 4 rings (SSSR count). The first-order valence-electron chi connectivity index (χ1n) is 7.93. The Bertz CT molecular complexity index is 1110. The monoisotopic (exact) mass is 336 g/mol. The first-order chi connectivity index (χ1) is 12.2. The number of carbonyl (C=O) groups is 1. The van der Waals surface area contributed by atoms with Gasteiger partial charge in [0.25, 0.3) is 5.56 Å². The molecule has 0 aliphatic carbocycles. The van der Waals surface area contributed by atoms with Crippen LogP contribution in [0, 0.1) is 0 Å². The van der Waals surface area contributed by atoms with Gasteiger partial charge in [0, 0.05) is 10.8 Å². The van der Waals surface area contributed by atoms with E-state index in [1.807, 2.05) is 24.3 Å². The topological polar surface area (TPSA) is 92.9 Å². The lowest BCUT2D eigenvalue weighted by atomic mass is 10.2. The fourth-order valence-electron chi connectivity index (χ4n) is 3.11. The van der Waals surface area contributed by atoms with Crippen LogP contribution >= 0.6 is 0 Å². The lowest BCUT2D eigenvalue weighted by Crippen LogP contribution is -2.31. The number of hydrogen-bond donors (Lipinski definition) is 2. The zero-order chi connectivity index (χ0) is 17.4. The standard InChI is InChI=1S/C18H16N4O3/c1-11(17(23)19-9-12-5-4-8-25-12)22-15-7-3-2-6-13(15)14-10-20-21-18(24)16(14)22/h2-8,10-11H,9H2,1H3,(H,19,23)(H,21,24). The van der Waals surface area contributed by atoms with Crippen molar-refractivity contribution in [2.45, 2.75) is 19.5 Å². The van der Waals surface area contributed by atoms with Crippen molar-refractivity contribution in [1.29, 1.82) is 0 Å². The van der Waals surface area contributed by atoms with E-state index < -0.39 is 6.04 Å². The highest BCUT2D eigenvalue weighted by atomic mass is 16.3. The van der Waals surface area contributed by atoms with Crippen molar-refractivity contribution in [2.75, 3.05) is 0 Å². The van der Waals surface area contributed by atoms with E-state index in [4.69, 9.17) is 4.42 Å². The molecule has 0 spiro atoms. The van der Waals surface area contributed by atoms with E-state index in [1.165, 1.54) is 0 Å². The molecule has 7 heteroatoms. The number of hydrogen-bond acceptors (Lipinski definition) is 4. The maximum absolute atomic E-state index is 12.6. The van der Waals surface area contributed by atoms with Crippen molar-refractivity contribution < 1.29 is 9.21 Å². The molecule has 3 aromatic heterocycles. The van der Waals surface area contributed by atoms with Gasteiger partial charge in [0.1, 0.15) is 17.3 Å². The molecule has 0 radical (unpaired) electrons. The maximum atomic E-state index is 12.6. The van der Waals surface area contributed by atoms with Gasteiger partial charge in [-0.2, -0.15) is 5.10 Å². The molecule has 1 atom stereocenters. The van der Waals surface area contributed by atoms with Crippen LogP contribution in [0.2, 0.25) is 0 Å². The molecule has 1 unspecified atom stereocenters. The third-order valence-corrected chi connectivity index (χ3v) is 4.31. The third kappa shape index (κ3) is 2.50. The second kappa shape index (κ2) is 5.94. The van der Waals surface area contributed by atoms with Gasteiger partial charge in [0.15, 0.2) is 0 Å². The Morgan fingerprint density at radius 3 is 2.92 bits per heavy atom. The van der Waals surface area contributed by atoms with Crippen molar-refractivity contribution in [3.8, 4) is 0 Å². The summed E-state index contributed by atoms with van der Waals surface area (Å²) in [5.74, 6) is 0.472. The summed E-state index contributed by atoms with van der Waals surface area (Å²) < 4.78 is 6.98. The zero-order valence-corrected chi connectivity index (χ0v) is 13.5. The molecule has 0 aliphatic rings. The van der Waals surface area contributed by atoms with Gasteiger partial charge in [0.2, 0.25) is 5.91 Å². The quantitative estimate of drug-likeness (QED) is 0.598. The minimum Gasteiger partial charge on any atom is -0.467 e. The summed E-state index contributed by atoms with van der Waals surface area (Å²) in [4.78, 5) is 25.0. The van der Waals surface area contributed by atoms with Crippen LogP contribution in [0.25, 0.3) is 21.8 Å². The molecule has 25 heavy (non-hydrogen) atoms. The molecule has 0 saturated carbocycles. The summed E-state index contributed by atoms with van der Waals surface area (Å²) in [5, 5.41) is 10.8. The zero-order valence-electron chi connectivity index (χ0n) is 13.5. The van der Waals surface area contributed by atoms with E-state index in [0.717, 1.165) is 16.3 Å². The van der Waals surface area contributed by atoms with Gasteiger partial charge in [-0.05, 0) is 25.1 Å². The molecule has 7 nitrogen and oxygen atoms in total. The highest BCUT2D eigenvalue weighted by Gasteiger charge is 2.22. The molecule has 0 fully saturated rings. The van der Waals surface area contributed by atoms with Gasteiger partial charge in [-0.25, -0.2) is 5.10 Å². The Morgan fingerprint density at radius 1 is 1.28 bits per heavy atom. The molecule has 3 heterocycles. The number of aromatic nitrogens is 3. The van der Waals surface area contributed by atoms with Crippen LogP contribution in [-0.2, 0) is 11.3 Å². The predicted octanol–water partition coefficient (Wildman–Crippen LogP) is 2.35. The molecule has 4 aromatic rings. The first kappa shape index (κ1) is 15.2. The van der Waals surface area contributed by atoms with E-state index in [1.54, 1.807) is 36.1 Å². The molecule has 126 valence electrons. The van der Waals surface area contributed by atoms with Crippen LogP contribution in [-0.4, -0.2) is 20.7 Å². The molecule has 0 bridgehead atoms. The number of benzene rings is 1. The lowest BCUT2D eigenvalue weighted by Gasteiger charge is -2.16. The third-order valence-electron chi connectivity index (χ3n) is 4.31. The van der Waals surface area contributed by atoms with E-state index in [-0.39, 0.29) is 11.5 Å². The van der Waals surface area contributed by atoms with Gasteiger partial charge in [-0.15, -0.1) is 0 Å². The molecule has 0 aliphatic heterocycles. The summed E-state index contributed by atoms with van der Waals surface area (Å²) in [5.41, 5.74) is 0.938. The average molecular weight is 336 g/mol. The average Bonchev–Trinajstić information content (AvgIpc) is 3.26. The number of H-pyrrole nitrogens is 1. The number of rotatable bonds is 4. The number of para-hydroxylation sites is 1. The molecule has 1 aromatic carbocycles. The normalized spacial score (nSPS) is 12.5. The van der Waals surface area contributed by atoms with Crippen LogP contribution < -0.4 is 10.9 Å². The summed E-state index contributed by atoms with van der Waals surface area (Å²) in [6.07, 6.45) is 3.17. The Kier molecular flexibility index (Phi) is 3.61. The minimum atomic E-state index is -0.569. The second-order valence-corrected chi connectivity index (χ2v) is 5.82. The van der Waals surface area contributed by atoms with E-state index in [9.17, 15) is 9.59 Å². The largest absolute Gasteiger partial charge is 0.467 e. The van der Waals surface area contributed by atoms with Gasteiger partial charge < -0.3 is 14.3 Å². The predicted molar refractivity (Wildman–Crippen MR) is 93.1 cm³/mol. The number of aromatic amines is 1. The summed E-state index contributed by atoms with van der Waals surface area (Å²) in [6, 6.07) is 10.6. The molecule has 1 amide bonds. The Hall–Kier alpha value is -3.35. The molecule has 2 N–H and O–H groups in total. The molecule has 0 saturated heterocycles. The Morgan fingerprint density at radius 2 is 2.12 bits per heavy atom. The van der Waals surface area contributed by atoms with Crippen molar-refractivity contribution in [1.82, 2.24) is 20.1 Å². The number of carbonyl (C=O) groups excluding carboxylic acids is 1. The van der Waals surface area contributed by atoms with Gasteiger partial charge >= 0.3 is 0 Å². The van der Waals surface area contributed by atoms with Gasteiger partial charge in [0.05, 0.1) is 24.5 Å². The summed E-state index contributed by atoms with van der Waals surface area (Å²) in [6.45, 7) is 2.06. The highest BCUT2D eigenvalue weighted by Crippen LogP contribution is 2.29. The van der Waals surface area contributed by atoms with E-state index in [2.05, 4.69) is 15.5 Å². The maximum Gasteiger partial charge on any atom is 0.288 e. The molecular formula is C18H16N4O3. The Balaban J connectivity index is 1.78. The number of nitrogens with one attached hydrogen (secondary N) is 2. The number of fused-ring (bicyclic) bond motifs is 3. The minimum absolute atomic E-state index is 0.199. The summed E-state index contributed by atoms with van der Waals surface area (Å²) >= 11 is 0. The highest BCUT2D eigenvalue weighted by molar-refractivity contribution is 6.08. The number of furan rings is 1. The van der Waals surface area contributed by atoms with Crippen LogP contribution in [0.15, 0.2) is 58.1 Å². The lowest BCUT2D eigenvalue weighted by molar-refractivity contribution is -0.123. The van der Waals surface area contributed by atoms with Gasteiger partial charge in [-0.1, -0.05) is 18.2 Å². The second-order valence-electron chi connectivity index (χ2n) is 5.82. The van der Waals surface area contributed by atoms with E-state index in [0.29, 0.717) is 17.8 Å². The van der Waals surface area contributed by atoms with Crippen molar-refractivity contribution in [3.05, 3.63) is 65.0 Å². The van der Waals surface area contributed by atoms with Crippen molar-refractivity contribution in [3.63, 3.8) is 0 Å². The SMILES string of the molecule is CC(C(=O)NCc1ccco1)n1c2ccccc2c2cn[nH]c(=O)c21. The van der Waals surface area contributed by atoms with Crippen molar-refractivity contribution >= 4 is 27.7 Å². The number of nitrogens with zero attached hydrogens (tertiary/aromatic N) is 2. The fraction of sp³-hybridized carbons (Fsp3) is 0.167. The number of amides is 1. The molecular weight excluding hydrogens is 320 g/mol. The summed E-state index contributed by atoms with van der Waals surface area (Å²) in [7, 11) is 0. The van der Waals surface area contributed by atoms with Crippen LogP contribution in [0.3, 0.4) is 0 Å². The van der Waals surface area contributed by atoms with Crippen LogP contribution in [0.1, 0.15) is 18.7 Å².